The molecule has 0 spiro atoms. The first-order valence-electron chi connectivity index (χ1n) is 9.58. The van der Waals surface area contributed by atoms with Crippen molar-refractivity contribution in [1.29, 1.82) is 0 Å². The highest BCUT2D eigenvalue weighted by molar-refractivity contribution is 5.36. The van der Waals surface area contributed by atoms with Crippen molar-refractivity contribution in [3.05, 3.63) is 66.0 Å². The van der Waals surface area contributed by atoms with Gasteiger partial charge in [0, 0.05) is 25.3 Å². The number of aryl methyl sites for hydroxylation is 1. The van der Waals surface area contributed by atoms with Crippen LogP contribution in [0.3, 0.4) is 0 Å². The van der Waals surface area contributed by atoms with Crippen LogP contribution >= 0.6 is 0 Å². The largest absolute Gasteiger partial charge is 0.482 e. The first kappa shape index (κ1) is 16.4. The predicted octanol–water partition coefficient (Wildman–Crippen LogP) is 3.62. The molecule has 2 aromatic heterocycles. The summed E-state index contributed by atoms with van der Waals surface area (Å²) in [5, 5.41) is 4.87. The van der Waals surface area contributed by atoms with Crippen LogP contribution in [0.4, 0.5) is 0 Å². The van der Waals surface area contributed by atoms with Gasteiger partial charge in [0.2, 0.25) is 0 Å². The highest BCUT2D eigenvalue weighted by Gasteiger charge is 2.29. The SMILES string of the molecule is c1cncc(-n2nc(C3CCOCC3)nc2[C@H]2CCc3ccccc3O2)c1. The van der Waals surface area contributed by atoms with E-state index in [2.05, 4.69) is 17.1 Å². The summed E-state index contributed by atoms with van der Waals surface area (Å²) in [5.41, 5.74) is 2.17. The van der Waals surface area contributed by atoms with Gasteiger partial charge >= 0.3 is 0 Å². The van der Waals surface area contributed by atoms with Crippen molar-refractivity contribution < 1.29 is 9.47 Å². The Bertz CT molecular complexity index is 919. The third kappa shape index (κ3) is 3.21. The molecule has 1 aromatic carbocycles. The molecule has 2 aliphatic rings. The Balaban J connectivity index is 1.53. The number of hydrogen-bond acceptors (Lipinski definition) is 5. The first-order valence-corrected chi connectivity index (χ1v) is 9.58. The second-order valence-corrected chi connectivity index (χ2v) is 7.09. The Morgan fingerprint density at radius 3 is 2.74 bits per heavy atom. The fraction of sp³-hybridized carbons (Fsp3) is 0.381. The molecule has 0 N–H and O–H groups in total. The van der Waals surface area contributed by atoms with Gasteiger partial charge in [-0.2, -0.15) is 5.10 Å². The van der Waals surface area contributed by atoms with Crippen molar-refractivity contribution >= 4 is 0 Å². The highest BCUT2D eigenvalue weighted by atomic mass is 16.5. The average molecular weight is 362 g/mol. The van der Waals surface area contributed by atoms with Gasteiger partial charge < -0.3 is 9.47 Å². The van der Waals surface area contributed by atoms with Gasteiger partial charge in [0.25, 0.3) is 0 Å². The minimum atomic E-state index is -0.110. The van der Waals surface area contributed by atoms with E-state index in [0.29, 0.717) is 5.92 Å². The van der Waals surface area contributed by atoms with E-state index in [-0.39, 0.29) is 6.10 Å². The number of rotatable bonds is 3. The van der Waals surface area contributed by atoms with Crippen molar-refractivity contribution in [3.63, 3.8) is 0 Å². The molecule has 138 valence electrons. The Hall–Kier alpha value is -2.73. The van der Waals surface area contributed by atoms with Crippen LogP contribution in [0.5, 0.6) is 5.75 Å². The van der Waals surface area contributed by atoms with Gasteiger partial charge in [-0.25, -0.2) is 9.67 Å². The minimum Gasteiger partial charge on any atom is -0.482 e. The zero-order valence-electron chi connectivity index (χ0n) is 15.1. The van der Waals surface area contributed by atoms with Crippen LogP contribution in [0, 0.1) is 0 Å². The Labute approximate surface area is 158 Å². The summed E-state index contributed by atoms with van der Waals surface area (Å²) in [4.78, 5) is 9.21. The molecule has 0 radical (unpaired) electrons. The van der Waals surface area contributed by atoms with Crippen molar-refractivity contribution in [1.82, 2.24) is 19.7 Å². The molecule has 0 bridgehead atoms. The molecule has 27 heavy (non-hydrogen) atoms. The summed E-state index contributed by atoms with van der Waals surface area (Å²) < 4.78 is 13.7. The van der Waals surface area contributed by atoms with Crippen molar-refractivity contribution in [2.45, 2.75) is 37.7 Å². The van der Waals surface area contributed by atoms with Crippen LogP contribution in [-0.4, -0.2) is 33.0 Å². The van der Waals surface area contributed by atoms with Crippen LogP contribution in [0.2, 0.25) is 0 Å². The minimum absolute atomic E-state index is 0.110. The quantitative estimate of drug-likeness (QED) is 0.712. The number of hydrogen-bond donors (Lipinski definition) is 0. The van der Waals surface area contributed by atoms with Crippen LogP contribution in [0.15, 0.2) is 48.8 Å². The topological polar surface area (TPSA) is 62.1 Å². The summed E-state index contributed by atoms with van der Waals surface area (Å²) in [7, 11) is 0. The van der Waals surface area contributed by atoms with Crippen molar-refractivity contribution in [2.24, 2.45) is 0 Å². The predicted molar refractivity (Wildman–Crippen MR) is 100 cm³/mol. The molecular formula is C21H22N4O2. The molecule has 6 heteroatoms. The number of fused-ring (bicyclic) bond motifs is 1. The van der Waals surface area contributed by atoms with E-state index < -0.39 is 0 Å². The highest BCUT2D eigenvalue weighted by Crippen LogP contribution is 2.35. The summed E-state index contributed by atoms with van der Waals surface area (Å²) in [6.45, 7) is 1.55. The molecule has 1 atom stereocenters. The molecule has 1 saturated heterocycles. The van der Waals surface area contributed by atoms with E-state index in [1.54, 1.807) is 6.20 Å². The van der Waals surface area contributed by atoms with Gasteiger partial charge in [-0.1, -0.05) is 18.2 Å². The number of ether oxygens (including phenoxy) is 2. The first-order chi connectivity index (χ1) is 13.4. The Morgan fingerprint density at radius 1 is 1.00 bits per heavy atom. The lowest BCUT2D eigenvalue weighted by atomic mass is 9.99. The number of para-hydroxylation sites is 1. The van der Waals surface area contributed by atoms with Gasteiger partial charge in [-0.3, -0.25) is 4.98 Å². The van der Waals surface area contributed by atoms with Crippen molar-refractivity contribution in [2.75, 3.05) is 13.2 Å². The third-order valence-electron chi connectivity index (χ3n) is 5.33. The van der Waals surface area contributed by atoms with Crippen LogP contribution in [0.25, 0.3) is 5.69 Å². The summed E-state index contributed by atoms with van der Waals surface area (Å²) in [6, 6.07) is 12.2. The standard InChI is InChI=1S/C21H22N4O2/c1-2-6-18-15(4-1)7-8-19(27-18)21-23-20(16-9-12-26-13-10-16)24-25(21)17-5-3-11-22-14-17/h1-6,11,14,16,19H,7-10,12-13H2/t19-/m1/s1. The molecule has 6 nitrogen and oxygen atoms in total. The summed E-state index contributed by atoms with van der Waals surface area (Å²) >= 11 is 0. The van der Waals surface area contributed by atoms with E-state index in [9.17, 15) is 0 Å². The van der Waals surface area contributed by atoms with Crippen LogP contribution < -0.4 is 4.74 Å². The zero-order valence-corrected chi connectivity index (χ0v) is 15.1. The number of aromatic nitrogens is 4. The average Bonchev–Trinajstić information content (AvgIpc) is 3.20. The van der Waals surface area contributed by atoms with E-state index in [4.69, 9.17) is 19.6 Å². The molecular weight excluding hydrogens is 340 g/mol. The molecule has 0 aliphatic carbocycles. The third-order valence-corrected chi connectivity index (χ3v) is 5.33. The number of pyridine rings is 1. The molecule has 2 aliphatic heterocycles. The normalized spacial score (nSPS) is 20.1. The maximum absolute atomic E-state index is 6.31. The summed E-state index contributed by atoms with van der Waals surface area (Å²) in [6.07, 6.45) is 7.28. The zero-order chi connectivity index (χ0) is 18.1. The van der Waals surface area contributed by atoms with E-state index in [0.717, 1.165) is 62.0 Å². The smallest absolute Gasteiger partial charge is 0.173 e. The maximum atomic E-state index is 6.31. The Kier molecular flexibility index (Phi) is 4.33. The van der Waals surface area contributed by atoms with Gasteiger partial charge in [-0.05, 0) is 49.4 Å². The van der Waals surface area contributed by atoms with E-state index in [1.165, 1.54) is 5.56 Å². The molecule has 4 heterocycles. The lowest BCUT2D eigenvalue weighted by Crippen LogP contribution is -2.19. The second kappa shape index (κ2) is 7.12. The lowest BCUT2D eigenvalue weighted by Gasteiger charge is -2.25. The monoisotopic (exact) mass is 362 g/mol. The molecule has 0 unspecified atom stereocenters. The van der Waals surface area contributed by atoms with Gasteiger partial charge in [0.15, 0.2) is 17.8 Å². The molecule has 3 aromatic rings. The fourth-order valence-electron chi connectivity index (χ4n) is 3.85. The Morgan fingerprint density at radius 2 is 1.89 bits per heavy atom. The molecule has 0 amide bonds. The second-order valence-electron chi connectivity index (χ2n) is 7.09. The van der Waals surface area contributed by atoms with E-state index >= 15 is 0 Å². The molecule has 5 rings (SSSR count). The number of benzene rings is 1. The fourth-order valence-corrected chi connectivity index (χ4v) is 3.85. The molecule has 0 saturated carbocycles. The van der Waals surface area contributed by atoms with Gasteiger partial charge in [0.05, 0.1) is 11.9 Å². The maximum Gasteiger partial charge on any atom is 0.173 e. The summed E-state index contributed by atoms with van der Waals surface area (Å²) in [5.74, 6) is 3.03. The van der Waals surface area contributed by atoms with Gasteiger partial charge in [0.1, 0.15) is 5.75 Å². The van der Waals surface area contributed by atoms with E-state index in [1.807, 2.05) is 35.1 Å². The lowest BCUT2D eigenvalue weighted by molar-refractivity contribution is 0.0835. The van der Waals surface area contributed by atoms with Crippen molar-refractivity contribution in [3.8, 4) is 11.4 Å². The van der Waals surface area contributed by atoms with Crippen LogP contribution in [-0.2, 0) is 11.2 Å². The molecule has 1 fully saturated rings. The number of nitrogens with zero attached hydrogens (tertiary/aromatic N) is 4. The van der Waals surface area contributed by atoms with Gasteiger partial charge in [-0.15, -0.1) is 0 Å². The van der Waals surface area contributed by atoms with Crippen LogP contribution in [0.1, 0.15) is 48.5 Å².